The van der Waals surface area contributed by atoms with Crippen molar-refractivity contribution in [1.29, 1.82) is 0 Å². The second-order valence-electron chi connectivity index (χ2n) is 7.15. The average Bonchev–Trinajstić information content (AvgIpc) is 3.13. The Balaban J connectivity index is 1.55. The van der Waals surface area contributed by atoms with Gasteiger partial charge in [0.1, 0.15) is 10.6 Å². The van der Waals surface area contributed by atoms with Crippen molar-refractivity contribution in [2.24, 2.45) is 7.05 Å². The Morgan fingerprint density at radius 3 is 2.44 bits per heavy atom. The van der Waals surface area contributed by atoms with Gasteiger partial charge < -0.3 is 4.52 Å². The molecule has 4 rings (SSSR count). The van der Waals surface area contributed by atoms with Gasteiger partial charge in [-0.2, -0.15) is 9.40 Å². The van der Waals surface area contributed by atoms with Crippen molar-refractivity contribution >= 4 is 21.1 Å². The highest BCUT2D eigenvalue weighted by molar-refractivity contribution is 7.89. The highest BCUT2D eigenvalue weighted by atomic mass is 32.2. The predicted octanol–water partition coefficient (Wildman–Crippen LogP) is 2.45. The molecule has 3 aromatic rings. The summed E-state index contributed by atoms with van der Waals surface area (Å²) in [5.74, 6) is 0.578. The van der Waals surface area contributed by atoms with Gasteiger partial charge in [-0.15, -0.1) is 0 Å². The number of aryl methyl sites for hydroxylation is 4. The molecular weight excluding hydrogens is 366 g/mol. The quantitative estimate of drug-likeness (QED) is 0.683. The largest absolute Gasteiger partial charge is 0.360 e. The fraction of sp³-hybridized carbons (Fsp3) is 0.500. The molecule has 0 unspecified atom stereocenters. The molecule has 0 amide bonds. The molecule has 144 valence electrons. The molecule has 9 heteroatoms. The first kappa shape index (κ1) is 18.1. The van der Waals surface area contributed by atoms with Gasteiger partial charge in [0, 0.05) is 37.1 Å². The van der Waals surface area contributed by atoms with Crippen molar-refractivity contribution in [1.82, 2.24) is 24.2 Å². The van der Waals surface area contributed by atoms with Crippen LogP contribution in [0.15, 0.2) is 21.6 Å². The van der Waals surface area contributed by atoms with Gasteiger partial charge in [0.25, 0.3) is 0 Å². The molecule has 0 saturated carbocycles. The minimum absolute atomic E-state index is 0.200. The fourth-order valence-corrected chi connectivity index (χ4v) is 5.67. The molecule has 0 aromatic carbocycles. The third-order valence-electron chi connectivity index (χ3n) is 5.33. The van der Waals surface area contributed by atoms with E-state index in [4.69, 9.17) is 9.51 Å². The number of rotatable bonds is 3. The van der Waals surface area contributed by atoms with Gasteiger partial charge in [0.15, 0.2) is 11.4 Å². The normalized spacial score (nSPS) is 17.0. The maximum Gasteiger partial charge on any atom is 0.248 e. The summed E-state index contributed by atoms with van der Waals surface area (Å²) in [5.41, 5.74) is 3.25. The topological polar surface area (TPSA) is 94.1 Å². The van der Waals surface area contributed by atoms with Crippen LogP contribution in [0.4, 0.5) is 0 Å². The summed E-state index contributed by atoms with van der Waals surface area (Å²) in [6.07, 6.45) is 1.47. The van der Waals surface area contributed by atoms with E-state index in [1.165, 1.54) is 4.31 Å². The first-order valence-corrected chi connectivity index (χ1v) is 10.5. The van der Waals surface area contributed by atoms with Crippen LogP contribution < -0.4 is 0 Å². The zero-order valence-corrected chi connectivity index (χ0v) is 16.7. The molecule has 0 atom stereocenters. The van der Waals surface area contributed by atoms with Crippen molar-refractivity contribution in [2.75, 3.05) is 13.1 Å². The average molecular weight is 389 g/mol. The van der Waals surface area contributed by atoms with Gasteiger partial charge in [-0.3, -0.25) is 4.68 Å². The number of fused-ring (bicyclic) bond motifs is 1. The minimum Gasteiger partial charge on any atom is -0.360 e. The molecular formula is C18H23N5O3S. The molecule has 0 bridgehead atoms. The number of pyridine rings is 1. The third kappa shape index (κ3) is 2.94. The summed E-state index contributed by atoms with van der Waals surface area (Å²) >= 11 is 0. The summed E-state index contributed by atoms with van der Waals surface area (Å²) in [4.78, 5) is 4.99. The van der Waals surface area contributed by atoms with Crippen LogP contribution in [0.5, 0.6) is 0 Å². The van der Waals surface area contributed by atoms with E-state index in [9.17, 15) is 8.42 Å². The van der Waals surface area contributed by atoms with E-state index >= 15 is 0 Å². The van der Waals surface area contributed by atoms with Crippen LogP contribution in [0.1, 0.15) is 41.6 Å². The molecule has 1 fully saturated rings. The summed E-state index contributed by atoms with van der Waals surface area (Å²) < 4.78 is 34.3. The lowest BCUT2D eigenvalue weighted by Gasteiger charge is -2.30. The lowest BCUT2D eigenvalue weighted by atomic mass is 9.94. The van der Waals surface area contributed by atoms with Crippen molar-refractivity contribution < 1.29 is 12.9 Å². The first-order valence-electron chi connectivity index (χ1n) is 9.02. The lowest BCUT2D eigenvalue weighted by Crippen LogP contribution is -2.38. The van der Waals surface area contributed by atoms with Gasteiger partial charge in [-0.05, 0) is 45.7 Å². The lowest BCUT2D eigenvalue weighted by molar-refractivity contribution is 0.316. The fourth-order valence-electron chi connectivity index (χ4n) is 3.91. The maximum atomic E-state index is 13.0. The van der Waals surface area contributed by atoms with E-state index < -0.39 is 10.0 Å². The minimum atomic E-state index is -3.58. The molecule has 1 aliphatic rings. The van der Waals surface area contributed by atoms with Crippen molar-refractivity contribution in [3.05, 3.63) is 35.0 Å². The molecule has 4 heterocycles. The standard InChI is InChI=1S/C18H23N5O3S/c1-11-15-5-6-16(19-18(15)22(4)20-11)14-7-9-23(10-8-14)27(24,25)17-12(2)21-26-13(17)3/h5-6,14H,7-10H2,1-4H3. The Kier molecular flexibility index (Phi) is 4.31. The molecule has 0 radical (unpaired) electrons. The van der Waals surface area contributed by atoms with E-state index in [1.54, 1.807) is 18.5 Å². The monoisotopic (exact) mass is 389 g/mol. The molecule has 0 spiro atoms. The Morgan fingerprint density at radius 1 is 1.11 bits per heavy atom. The van der Waals surface area contributed by atoms with Crippen LogP contribution >= 0.6 is 0 Å². The highest BCUT2D eigenvalue weighted by Gasteiger charge is 2.34. The van der Waals surface area contributed by atoms with E-state index in [-0.39, 0.29) is 10.8 Å². The van der Waals surface area contributed by atoms with E-state index in [2.05, 4.69) is 16.3 Å². The van der Waals surface area contributed by atoms with Crippen LogP contribution in [0.25, 0.3) is 11.0 Å². The zero-order valence-electron chi connectivity index (χ0n) is 15.9. The van der Waals surface area contributed by atoms with Crippen LogP contribution in [0, 0.1) is 20.8 Å². The number of nitrogens with zero attached hydrogens (tertiary/aromatic N) is 5. The molecule has 8 nitrogen and oxygen atoms in total. The second-order valence-corrected chi connectivity index (χ2v) is 9.02. The Bertz CT molecular complexity index is 1090. The number of aromatic nitrogens is 4. The van der Waals surface area contributed by atoms with Gasteiger partial charge in [-0.1, -0.05) is 5.16 Å². The summed E-state index contributed by atoms with van der Waals surface area (Å²) in [7, 11) is -1.69. The van der Waals surface area contributed by atoms with Crippen molar-refractivity contribution in [3.8, 4) is 0 Å². The second kappa shape index (κ2) is 6.42. The van der Waals surface area contributed by atoms with Crippen molar-refractivity contribution in [3.63, 3.8) is 0 Å². The molecule has 1 aliphatic heterocycles. The summed E-state index contributed by atoms with van der Waals surface area (Å²) in [6, 6.07) is 4.10. The van der Waals surface area contributed by atoms with Crippen LogP contribution in [-0.4, -0.2) is 45.7 Å². The SMILES string of the molecule is Cc1noc(C)c1S(=O)(=O)N1CCC(c2ccc3c(C)nn(C)c3n2)CC1. The summed E-state index contributed by atoms with van der Waals surface area (Å²) in [5, 5.41) is 9.25. The number of hydrogen-bond acceptors (Lipinski definition) is 6. The number of hydrogen-bond donors (Lipinski definition) is 0. The molecule has 0 aliphatic carbocycles. The molecule has 3 aromatic heterocycles. The van der Waals surface area contributed by atoms with Gasteiger partial charge in [0.2, 0.25) is 10.0 Å². The molecule has 0 N–H and O–H groups in total. The molecule has 1 saturated heterocycles. The Morgan fingerprint density at radius 2 is 1.81 bits per heavy atom. The van der Waals surface area contributed by atoms with Crippen LogP contribution in [-0.2, 0) is 17.1 Å². The number of piperidine rings is 1. The van der Waals surface area contributed by atoms with Gasteiger partial charge in [-0.25, -0.2) is 13.4 Å². The van der Waals surface area contributed by atoms with Crippen molar-refractivity contribution in [2.45, 2.75) is 44.4 Å². The van der Waals surface area contributed by atoms with E-state index in [0.29, 0.717) is 24.5 Å². The maximum absolute atomic E-state index is 13.0. The highest BCUT2D eigenvalue weighted by Crippen LogP contribution is 2.32. The van der Waals surface area contributed by atoms with Gasteiger partial charge in [0.05, 0.1) is 5.69 Å². The first-order chi connectivity index (χ1) is 12.8. The van der Waals surface area contributed by atoms with E-state index in [0.717, 1.165) is 35.3 Å². The molecule has 27 heavy (non-hydrogen) atoms. The Labute approximate surface area is 158 Å². The summed E-state index contributed by atoms with van der Waals surface area (Å²) in [6.45, 7) is 6.18. The zero-order chi connectivity index (χ0) is 19.3. The predicted molar refractivity (Wildman–Crippen MR) is 100.0 cm³/mol. The Hall–Kier alpha value is -2.26. The van der Waals surface area contributed by atoms with Gasteiger partial charge >= 0.3 is 0 Å². The number of sulfonamides is 1. The third-order valence-corrected chi connectivity index (χ3v) is 7.47. The smallest absolute Gasteiger partial charge is 0.248 e. The van der Waals surface area contributed by atoms with E-state index in [1.807, 2.05) is 20.0 Å². The van der Waals surface area contributed by atoms with Crippen LogP contribution in [0.2, 0.25) is 0 Å². The van der Waals surface area contributed by atoms with Crippen LogP contribution in [0.3, 0.4) is 0 Å².